The number of hydrogen-bond acceptors (Lipinski definition) is 3. The molecule has 0 aliphatic rings. The molecule has 0 aliphatic carbocycles. The highest BCUT2D eigenvalue weighted by Gasteiger charge is 2.27. The largest absolute Gasteiger partial charge is 0.494 e. The van der Waals surface area contributed by atoms with Gasteiger partial charge in [0.05, 0.1) is 18.1 Å². The summed E-state index contributed by atoms with van der Waals surface area (Å²) in [4.78, 5) is 0. The SMILES string of the molecule is CCOc1ccc(C(N)C(C)(C)C#N)cc1. The van der Waals surface area contributed by atoms with Gasteiger partial charge in [0.2, 0.25) is 0 Å². The maximum Gasteiger partial charge on any atom is 0.119 e. The van der Waals surface area contributed by atoms with E-state index in [1.807, 2.05) is 45.0 Å². The lowest BCUT2D eigenvalue weighted by atomic mass is 9.82. The van der Waals surface area contributed by atoms with E-state index in [0.717, 1.165) is 11.3 Å². The first kappa shape index (κ1) is 12.5. The third-order valence-electron chi connectivity index (χ3n) is 2.62. The Morgan fingerprint density at radius 3 is 2.38 bits per heavy atom. The molecule has 0 heterocycles. The van der Waals surface area contributed by atoms with Crippen LogP contribution in [0.25, 0.3) is 0 Å². The first-order chi connectivity index (χ1) is 7.51. The Kier molecular flexibility index (Phi) is 3.92. The normalized spacial score (nSPS) is 12.9. The molecule has 0 saturated carbocycles. The Hall–Kier alpha value is -1.53. The van der Waals surface area contributed by atoms with Crippen molar-refractivity contribution in [1.82, 2.24) is 0 Å². The zero-order valence-corrected chi connectivity index (χ0v) is 10.0. The van der Waals surface area contributed by atoms with Gasteiger partial charge >= 0.3 is 0 Å². The molecule has 0 spiro atoms. The summed E-state index contributed by atoms with van der Waals surface area (Å²) in [5, 5.41) is 9.01. The predicted octanol–water partition coefficient (Wildman–Crippen LogP) is 2.63. The van der Waals surface area contributed by atoms with Crippen LogP contribution in [0.15, 0.2) is 24.3 Å². The maximum atomic E-state index is 9.01. The monoisotopic (exact) mass is 218 g/mol. The quantitative estimate of drug-likeness (QED) is 0.845. The third kappa shape index (κ3) is 2.74. The molecule has 2 N–H and O–H groups in total. The van der Waals surface area contributed by atoms with Gasteiger partial charge < -0.3 is 10.5 Å². The molecule has 86 valence electrons. The highest BCUT2D eigenvalue weighted by atomic mass is 16.5. The van der Waals surface area contributed by atoms with E-state index >= 15 is 0 Å². The van der Waals surface area contributed by atoms with Crippen molar-refractivity contribution in [2.24, 2.45) is 11.1 Å². The zero-order chi connectivity index (χ0) is 12.2. The fraction of sp³-hybridized carbons (Fsp3) is 0.462. The van der Waals surface area contributed by atoms with Crippen molar-refractivity contribution >= 4 is 0 Å². The number of benzene rings is 1. The predicted molar refractivity (Wildman–Crippen MR) is 63.9 cm³/mol. The Bertz CT molecular complexity index is 376. The van der Waals surface area contributed by atoms with Crippen molar-refractivity contribution in [1.29, 1.82) is 5.26 Å². The summed E-state index contributed by atoms with van der Waals surface area (Å²) in [6.45, 7) is 6.27. The lowest BCUT2D eigenvalue weighted by Crippen LogP contribution is -2.27. The number of nitriles is 1. The molecule has 1 rings (SSSR count). The first-order valence-electron chi connectivity index (χ1n) is 5.41. The Labute approximate surface area is 96.8 Å². The number of nitrogens with zero attached hydrogens (tertiary/aromatic N) is 1. The van der Waals surface area contributed by atoms with Crippen LogP contribution in [0.3, 0.4) is 0 Å². The fourth-order valence-corrected chi connectivity index (χ4v) is 1.42. The van der Waals surface area contributed by atoms with Crippen molar-refractivity contribution in [2.75, 3.05) is 6.61 Å². The van der Waals surface area contributed by atoms with Crippen LogP contribution < -0.4 is 10.5 Å². The van der Waals surface area contributed by atoms with Crippen LogP contribution in [0, 0.1) is 16.7 Å². The van der Waals surface area contributed by atoms with Gasteiger partial charge in [-0.2, -0.15) is 5.26 Å². The second kappa shape index (κ2) is 5.00. The van der Waals surface area contributed by atoms with Gasteiger partial charge in [-0.25, -0.2) is 0 Å². The van der Waals surface area contributed by atoms with Gasteiger partial charge in [0.25, 0.3) is 0 Å². The standard InChI is InChI=1S/C13H18N2O/c1-4-16-11-7-5-10(6-8-11)12(15)13(2,3)9-14/h5-8,12H,4,15H2,1-3H3. The maximum absolute atomic E-state index is 9.01. The molecule has 0 bridgehead atoms. The number of ether oxygens (including phenoxy) is 1. The third-order valence-corrected chi connectivity index (χ3v) is 2.62. The van der Waals surface area contributed by atoms with Crippen LogP contribution >= 0.6 is 0 Å². The molecule has 0 amide bonds. The van der Waals surface area contributed by atoms with Crippen molar-refractivity contribution in [3.8, 4) is 11.8 Å². The van der Waals surface area contributed by atoms with E-state index in [2.05, 4.69) is 6.07 Å². The van der Waals surface area contributed by atoms with E-state index in [-0.39, 0.29) is 6.04 Å². The van der Waals surface area contributed by atoms with Crippen molar-refractivity contribution in [3.63, 3.8) is 0 Å². The summed E-state index contributed by atoms with van der Waals surface area (Å²) < 4.78 is 5.35. The summed E-state index contributed by atoms with van der Waals surface area (Å²) in [5.41, 5.74) is 6.44. The minimum atomic E-state index is -0.562. The van der Waals surface area contributed by atoms with Crippen LogP contribution in [0.1, 0.15) is 32.4 Å². The lowest BCUT2D eigenvalue weighted by molar-refractivity contribution is 0.339. The molecule has 16 heavy (non-hydrogen) atoms. The van der Waals surface area contributed by atoms with Crippen LogP contribution in [0.5, 0.6) is 5.75 Å². The van der Waals surface area contributed by atoms with Gasteiger partial charge in [-0.05, 0) is 38.5 Å². The van der Waals surface area contributed by atoms with Crippen LogP contribution in [-0.4, -0.2) is 6.61 Å². The number of rotatable bonds is 4. The van der Waals surface area contributed by atoms with Crippen molar-refractivity contribution in [3.05, 3.63) is 29.8 Å². The molecule has 0 aromatic heterocycles. The molecule has 0 radical (unpaired) electrons. The van der Waals surface area contributed by atoms with Crippen molar-refractivity contribution < 1.29 is 4.74 Å². The lowest BCUT2D eigenvalue weighted by Gasteiger charge is -2.24. The summed E-state index contributed by atoms with van der Waals surface area (Å²) in [5.74, 6) is 0.827. The van der Waals surface area contributed by atoms with Gasteiger partial charge in [0, 0.05) is 6.04 Å². The van der Waals surface area contributed by atoms with Gasteiger partial charge in [-0.3, -0.25) is 0 Å². The van der Waals surface area contributed by atoms with E-state index in [4.69, 9.17) is 15.7 Å². The molecule has 0 saturated heterocycles. The minimum absolute atomic E-state index is 0.284. The molecular formula is C13H18N2O. The Morgan fingerprint density at radius 1 is 1.38 bits per heavy atom. The van der Waals surface area contributed by atoms with Crippen LogP contribution in [0.4, 0.5) is 0 Å². The number of hydrogen-bond donors (Lipinski definition) is 1. The highest BCUT2D eigenvalue weighted by Crippen LogP contribution is 2.31. The molecule has 0 aliphatic heterocycles. The van der Waals surface area contributed by atoms with Gasteiger partial charge in [-0.15, -0.1) is 0 Å². The Morgan fingerprint density at radius 2 is 1.94 bits per heavy atom. The van der Waals surface area contributed by atoms with Crippen LogP contribution in [-0.2, 0) is 0 Å². The molecule has 0 fully saturated rings. The van der Waals surface area contributed by atoms with E-state index < -0.39 is 5.41 Å². The average Bonchev–Trinajstić information content (AvgIpc) is 2.29. The van der Waals surface area contributed by atoms with Crippen LogP contribution in [0.2, 0.25) is 0 Å². The summed E-state index contributed by atoms with van der Waals surface area (Å²) in [6, 6.07) is 9.52. The topological polar surface area (TPSA) is 59.0 Å². The highest BCUT2D eigenvalue weighted by molar-refractivity contribution is 5.30. The number of nitrogens with two attached hydrogens (primary N) is 1. The molecular weight excluding hydrogens is 200 g/mol. The molecule has 3 nitrogen and oxygen atoms in total. The fourth-order valence-electron chi connectivity index (χ4n) is 1.42. The average molecular weight is 218 g/mol. The molecule has 1 aromatic rings. The molecule has 1 unspecified atom stereocenters. The smallest absolute Gasteiger partial charge is 0.119 e. The van der Waals surface area contributed by atoms with E-state index in [1.54, 1.807) is 0 Å². The second-order valence-corrected chi connectivity index (χ2v) is 4.31. The zero-order valence-electron chi connectivity index (χ0n) is 10.0. The summed E-state index contributed by atoms with van der Waals surface area (Å²) in [6.07, 6.45) is 0. The second-order valence-electron chi connectivity index (χ2n) is 4.31. The molecule has 1 atom stereocenters. The minimum Gasteiger partial charge on any atom is -0.494 e. The summed E-state index contributed by atoms with van der Waals surface area (Å²) >= 11 is 0. The van der Waals surface area contributed by atoms with Crippen molar-refractivity contribution in [2.45, 2.75) is 26.8 Å². The van der Waals surface area contributed by atoms with E-state index in [1.165, 1.54) is 0 Å². The van der Waals surface area contributed by atoms with E-state index in [9.17, 15) is 0 Å². The Balaban J connectivity index is 2.86. The van der Waals surface area contributed by atoms with Gasteiger partial charge in [-0.1, -0.05) is 12.1 Å². The van der Waals surface area contributed by atoms with Gasteiger partial charge in [0.15, 0.2) is 0 Å². The molecule has 1 aromatic carbocycles. The van der Waals surface area contributed by atoms with Gasteiger partial charge in [0.1, 0.15) is 5.75 Å². The summed E-state index contributed by atoms with van der Waals surface area (Å²) in [7, 11) is 0. The van der Waals surface area contributed by atoms with E-state index in [0.29, 0.717) is 6.61 Å². The molecule has 3 heteroatoms. The first-order valence-corrected chi connectivity index (χ1v) is 5.41.